The molecule has 0 N–H and O–H groups in total. The summed E-state index contributed by atoms with van der Waals surface area (Å²) in [5.41, 5.74) is -0.191. The summed E-state index contributed by atoms with van der Waals surface area (Å²) in [7, 11) is 2.09. The number of piperidine rings is 1. The van der Waals surface area contributed by atoms with Gasteiger partial charge in [0.15, 0.2) is 0 Å². The Labute approximate surface area is 133 Å². The Hall–Kier alpha value is -1.14. The van der Waals surface area contributed by atoms with Crippen LogP contribution in [0.4, 0.5) is 4.79 Å². The number of carbonyl (C=O) groups is 1. The van der Waals surface area contributed by atoms with E-state index in [0.717, 1.165) is 44.9 Å². The Morgan fingerprint density at radius 1 is 1.14 bits per heavy atom. The van der Waals surface area contributed by atoms with Crippen molar-refractivity contribution in [2.75, 3.05) is 46.4 Å². The molecular weight excluding hydrogens is 282 g/mol. The third-order valence-electron chi connectivity index (χ3n) is 4.11. The lowest BCUT2D eigenvalue weighted by Crippen LogP contribution is -2.46. The fourth-order valence-corrected chi connectivity index (χ4v) is 2.85. The standard InChI is InChI=1S/C16H29N3O3/c1-16(2,3)14(19-9-11-21-12-10-19)17-15(20)22-13-5-7-18(4)8-6-13/h13H,5-12H2,1-4H3/b17-14-. The molecule has 0 bridgehead atoms. The second kappa shape index (κ2) is 7.42. The molecule has 0 atom stereocenters. The first-order valence-electron chi connectivity index (χ1n) is 8.17. The predicted octanol–water partition coefficient (Wildman–Crippen LogP) is 1.99. The van der Waals surface area contributed by atoms with Crippen LogP contribution in [0.2, 0.25) is 0 Å². The van der Waals surface area contributed by atoms with Crippen LogP contribution in [-0.4, -0.2) is 74.3 Å². The SMILES string of the molecule is CN1CCC(OC(=O)/N=C(\N2CCOCC2)C(C)(C)C)CC1. The van der Waals surface area contributed by atoms with Crippen molar-refractivity contribution in [1.29, 1.82) is 0 Å². The highest BCUT2D eigenvalue weighted by molar-refractivity contribution is 5.95. The van der Waals surface area contributed by atoms with Crippen molar-refractivity contribution in [3.05, 3.63) is 0 Å². The smallest absolute Gasteiger partial charge is 0.435 e. The van der Waals surface area contributed by atoms with Crippen molar-refractivity contribution in [3.8, 4) is 0 Å². The normalized spacial score (nSPS) is 22.7. The fraction of sp³-hybridized carbons (Fsp3) is 0.875. The molecule has 126 valence electrons. The highest BCUT2D eigenvalue weighted by Gasteiger charge is 2.28. The maximum atomic E-state index is 12.2. The van der Waals surface area contributed by atoms with Crippen LogP contribution in [0.3, 0.4) is 0 Å². The van der Waals surface area contributed by atoms with Crippen LogP contribution in [0, 0.1) is 5.41 Å². The molecule has 0 radical (unpaired) electrons. The molecule has 6 heteroatoms. The van der Waals surface area contributed by atoms with Crippen molar-refractivity contribution in [3.63, 3.8) is 0 Å². The summed E-state index contributed by atoms with van der Waals surface area (Å²) < 4.78 is 10.9. The molecule has 2 aliphatic heterocycles. The minimum Gasteiger partial charge on any atom is -0.444 e. The Balaban J connectivity index is 1.99. The fourth-order valence-electron chi connectivity index (χ4n) is 2.85. The van der Waals surface area contributed by atoms with E-state index < -0.39 is 6.09 Å². The first-order valence-corrected chi connectivity index (χ1v) is 8.17. The Morgan fingerprint density at radius 2 is 1.73 bits per heavy atom. The summed E-state index contributed by atoms with van der Waals surface area (Å²) in [5, 5.41) is 0. The van der Waals surface area contributed by atoms with Crippen molar-refractivity contribution in [2.24, 2.45) is 10.4 Å². The van der Waals surface area contributed by atoms with Crippen molar-refractivity contribution >= 4 is 11.9 Å². The number of likely N-dealkylation sites (tertiary alicyclic amines) is 1. The number of rotatable bonds is 1. The van der Waals surface area contributed by atoms with Crippen LogP contribution in [-0.2, 0) is 9.47 Å². The summed E-state index contributed by atoms with van der Waals surface area (Å²) >= 11 is 0. The van der Waals surface area contributed by atoms with E-state index in [1.54, 1.807) is 0 Å². The van der Waals surface area contributed by atoms with Gasteiger partial charge in [-0.15, -0.1) is 0 Å². The van der Waals surface area contributed by atoms with E-state index in [2.05, 4.69) is 42.6 Å². The molecule has 0 saturated carbocycles. The van der Waals surface area contributed by atoms with Gasteiger partial charge in [0.1, 0.15) is 11.9 Å². The maximum Gasteiger partial charge on any atom is 0.435 e. The van der Waals surface area contributed by atoms with Gasteiger partial charge in [-0.25, -0.2) is 4.79 Å². The van der Waals surface area contributed by atoms with Gasteiger partial charge in [-0.2, -0.15) is 4.99 Å². The summed E-state index contributed by atoms with van der Waals surface area (Å²) in [5.74, 6) is 0.800. The minimum absolute atomic E-state index is 0.00152. The number of aliphatic imine (C=N–C) groups is 1. The second-order valence-electron chi connectivity index (χ2n) is 7.17. The van der Waals surface area contributed by atoms with E-state index in [9.17, 15) is 4.79 Å². The maximum absolute atomic E-state index is 12.2. The topological polar surface area (TPSA) is 54.4 Å². The van der Waals surface area contributed by atoms with Gasteiger partial charge < -0.3 is 19.3 Å². The van der Waals surface area contributed by atoms with Gasteiger partial charge in [0, 0.05) is 31.6 Å². The number of amides is 1. The molecule has 2 fully saturated rings. The van der Waals surface area contributed by atoms with Crippen LogP contribution >= 0.6 is 0 Å². The quantitative estimate of drug-likeness (QED) is 0.547. The molecule has 2 heterocycles. The largest absolute Gasteiger partial charge is 0.444 e. The third kappa shape index (κ3) is 4.95. The minimum atomic E-state index is -0.453. The Kier molecular flexibility index (Phi) is 5.81. The van der Waals surface area contributed by atoms with Gasteiger partial charge in [0.05, 0.1) is 13.2 Å². The van der Waals surface area contributed by atoms with E-state index >= 15 is 0 Å². The van der Waals surface area contributed by atoms with Gasteiger partial charge in [-0.05, 0) is 19.9 Å². The van der Waals surface area contributed by atoms with Gasteiger partial charge >= 0.3 is 6.09 Å². The predicted molar refractivity (Wildman–Crippen MR) is 86.3 cm³/mol. The lowest BCUT2D eigenvalue weighted by molar-refractivity contribution is 0.0586. The molecule has 2 rings (SSSR count). The molecule has 1 amide bonds. The molecular formula is C16H29N3O3. The van der Waals surface area contributed by atoms with E-state index in [0.29, 0.717) is 13.2 Å². The molecule has 0 unspecified atom stereocenters. The average molecular weight is 311 g/mol. The molecule has 6 nitrogen and oxygen atoms in total. The lowest BCUT2D eigenvalue weighted by Gasteiger charge is -2.36. The summed E-state index contributed by atoms with van der Waals surface area (Å²) in [6, 6.07) is 0. The number of amidine groups is 1. The van der Waals surface area contributed by atoms with Crippen LogP contribution < -0.4 is 0 Å². The molecule has 0 aromatic heterocycles. The molecule has 0 aromatic rings. The van der Waals surface area contributed by atoms with E-state index in [1.807, 2.05) is 0 Å². The van der Waals surface area contributed by atoms with Crippen molar-refractivity contribution in [2.45, 2.75) is 39.7 Å². The zero-order valence-corrected chi connectivity index (χ0v) is 14.3. The van der Waals surface area contributed by atoms with Crippen LogP contribution in [0.5, 0.6) is 0 Å². The van der Waals surface area contributed by atoms with Crippen LogP contribution in [0.25, 0.3) is 0 Å². The average Bonchev–Trinajstić information content (AvgIpc) is 2.47. The highest BCUT2D eigenvalue weighted by Crippen LogP contribution is 2.21. The van der Waals surface area contributed by atoms with Gasteiger partial charge in [0.2, 0.25) is 0 Å². The molecule has 22 heavy (non-hydrogen) atoms. The molecule has 2 saturated heterocycles. The van der Waals surface area contributed by atoms with Crippen molar-refractivity contribution in [1.82, 2.24) is 9.80 Å². The monoisotopic (exact) mass is 311 g/mol. The van der Waals surface area contributed by atoms with Gasteiger partial charge in [-0.3, -0.25) is 0 Å². The van der Waals surface area contributed by atoms with Gasteiger partial charge in [0.25, 0.3) is 0 Å². The highest BCUT2D eigenvalue weighted by atomic mass is 16.6. The van der Waals surface area contributed by atoms with E-state index in [1.165, 1.54) is 0 Å². The summed E-state index contributed by atoms with van der Waals surface area (Å²) in [4.78, 5) is 20.9. The number of hydrogen-bond acceptors (Lipinski definition) is 4. The first-order chi connectivity index (χ1) is 10.4. The second-order valence-corrected chi connectivity index (χ2v) is 7.17. The summed E-state index contributed by atoms with van der Waals surface area (Å²) in [6.45, 7) is 11.1. The van der Waals surface area contributed by atoms with E-state index in [4.69, 9.17) is 9.47 Å². The summed E-state index contributed by atoms with van der Waals surface area (Å²) in [6.07, 6.45) is 1.32. The number of morpholine rings is 1. The molecule has 0 aliphatic carbocycles. The molecule has 0 aromatic carbocycles. The third-order valence-corrected chi connectivity index (χ3v) is 4.11. The Bertz CT molecular complexity index is 403. The zero-order chi connectivity index (χ0) is 16.2. The van der Waals surface area contributed by atoms with Crippen LogP contribution in [0.1, 0.15) is 33.6 Å². The number of nitrogens with zero attached hydrogens (tertiary/aromatic N) is 3. The van der Waals surface area contributed by atoms with Crippen LogP contribution in [0.15, 0.2) is 4.99 Å². The molecule has 0 spiro atoms. The van der Waals surface area contributed by atoms with Crippen molar-refractivity contribution < 1.29 is 14.3 Å². The Morgan fingerprint density at radius 3 is 2.27 bits per heavy atom. The number of hydrogen-bond donors (Lipinski definition) is 0. The van der Waals surface area contributed by atoms with Gasteiger partial charge in [-0.1, -0.05) is 20.8 Å². The number of carbonyl (C=O) groups excluding carboxylic acids is 1. The number of ether oxygens (including phenoxy) is 2. The molecule has 2 aliphatic rings. The first kappa shape index (κ1) is 17.2. The lowest BCUT2D eigenvalue weighted by atomic mass is 9.93. The van der Waals surface area contributed by atoms with E-state index in [-0.39, 0.29) is 11.5 Å². The zero-order valence-electron chi connectivity index (χ0n) is 14.3.